The van der Waals surface area contributed by atoms with Gasteiger partial charge >= 0.3 is 0 Å². The fourth-order valence-corrected chi connectivity index (χ4v) is 7.31. The van der Waals surface area contributed by atoms with Crippen LogP contribution >= 0.6 is 0 Å². The Morgan fingerprint density at radius 3 is 2.54 bits per heavy atom. The number of carbonyl (C=O) groups excluding carboxylic acids is 2. The molecule has 1 atom stereocenters. The van der Waals surface area contributed by atoms with Gasteiger partial charge in [0.2, 0.25) is 17.8 Å². The molecule has 2 saturated heterocycles. The highest BCUT2D eigenvalue weighted by atomic mass is 16.5. The Bertz CT molecular complexity index is 1750. The summed E-state index contributed by atoms with van der Waals surface area (Å²) in [6, 6.07) is 8.53. The van der Waals surface area contributed by atoms with Gasteiger partial charge in [-0.1, -0.05) is 59.1 Å². The van der Waals surface area contributed by atoms with Gasteiger partial charge in [0.05, 0.1) is 37.3 Å². The van der Waals surface area contributed by atoms with E-state index in [1.54, 1.807) is 7.11 Å². The van der Waals surface area contributed by atoms with Crippen LogP contribution in [0.2, 0.25) is 0 Å². The number of ether oxygens (including phenoxy) is 1. The van der Waals surface area contributed by atoms with E-state index < -0.39 is 0 Å². The molecule has 2 fully saturated rings. The molecule has 14 nitrogen and oxygen atoms in total. The first kappa shape index (κ1) is 37.4. The second-order valence-electron chi connectivity index (χ2n) is 15.0. The number of likely N-dealkylation sites (tertiary alicyclic amines) is 1. The topological polar surface area (TPSA) is 149 Å². The number of hydrazine groups is 2. The molecule has 282 valence electrons. The van der Waals surface area contributed by atoms with Crippen LogP contribution in [0.25, 0.3) is 11.0 Å². The van der Waals surface area contributed by atoms with Gasteiger partial charge in [0.1, 0.15) is 11.3 Å². The van der Waals surface area contributed by atoms with Crippen LogP contribution in [-0.2, 0) is 22.7 Å². The quantitative estimate of drug-likeness (QED) is 0.119. The molecule has 3 aliphatic rings. The maximum Gasteiger partial charge on any atom is 0.233 e. The van der Waals surface area contributed by atoms with Crippen molar-refractivity contribution in [3.63, 3.8) is 0 Å². The molecule has 52 heavy (non-hydrogen) atoms. The van der Waals surface area contributed by atoms with Crippen molar-refractivity contribution in [1.82, 2.24) is 45.2 Å². The maximum absolute atomic E-state index is 13.1. The van der Waals surface area contributed by atoms with E-state index in [1.165, 1.54) is 16.9 Å². The van der Waals surface area contributed by atoms with Crippen LogP contribution in [0.15, 0.2) is 42.4 Å². The molecule has 0 aliphatic carbocycles. The lowest BCUT2D eigenvalue weighted by Gasteiger charge is -2.35. The highest BCUT2D eigenvalue weighted by Crippen LogP contribution is 2.38. The molecule has 0 radical (unpaired) electrons. The number of methoxy groups -OCH3 is 1. The molecule has 3 aromatic rings. The lowest BCUT2D eigenvalue weighted by Crippen LogP contribution is -2.49. The third kappa shape index (κ3) is 8.62. The van der Waals surface area contributed by atoms with Crippen molar-refractivity contribution in [3.8, 4) is 5.75 Å². The number of hydrogen-bond donors (Lipinski definition) is 4. The number of nitrogens with two attached hydrogens (primary N) is 1. The molecular formula is C38H57N11O3. The van der Waals surface area contributed by atoms with Gasteiger partial charge in [0, 0.05) is 76.7 Å². The Kier molecular flexibility index (Phi) is 11.9. The van der Waals surface area contributed by atoms with Gasteiger partial charge in [-0.05, 0) is 29.5 Å². The molecular weight excluding hydrogens is 658 g/mol. The Labute approximate surface area is 307 Å². The summed E-state index contributed by atoms with van der Waals surface area (Å²) in [5.41, 5.74) is 17.1. The molecule has 0 bridgehead atoms. The van der Waals surface area contributed by atoms with Crippen molar-refractivity contribution in [3.05, 3.63) is 53.5 Å². The number of carbonyl (C=O) groups is 2. The minimum Gasteiger partial charge on any atom is -0.496 e. The zero-order chi connectivity index (χ0) is 36.8. The van der Waals surface area contributed by atoms with E-state index in [-0.39, 0.29) is 35.6 Å². The third-order valence-electron chi connectivity index (χ3n) is 11.0. The number of rotatable bonds is 17. The predicted octanol–water partition coefficient (Wildman–Crippen LogP) is 3.77. The summed E-state index contributed by atoms with van der Waals surface area (Å²) >= 11 is 0. The molecule has 14 heteroatoms. The van der Waals surface area contributed by atoms with Crippen molar-refractivity contribution in [2.45, 2.75) is 72.9 Å². The summed E-state index contributed by atoms with van der Waals surface area (Å²) < 4.78 is 8.05. The Morgan fingerprint density at radius 2 is 1.79 bits per heavy atom. The van der Waals surface area contributed by atoms with Crippen LogP contribution in [0.1, 0.15) is 70.9 Å². The monoisotopic (exact) mass is 715 g/mol. The molecule has 1 aromatic carbocycles. The summed E-state index contributed by atoms with van der Waals surface area (Å²) in [4.78, 5) is 41.1. The number of hydrogen-bond acceptors (Lipinski definition) is 12. The highest BCUT2D eigenvalue weighted by molar-refractivity contribution is 6.04. The lowest BCUT2D eigenvalue weighted by atomic mass is 9.76. The normalized spacial score (nSPS) is 18.8. The average molecular weight is 716 g/mol. The number of aromatic nitrogens is 3. The standard InChI is InChI=1S/C38H57N11O3/c1-6-8-9-13-40-35-34-31(41-37(39)42-35)12-14-47(34)24-28-11-10-27(21-32(28)52-5)23-46-17-15-45(16-18-46)19-20-48-25-29(43-44-48)26-49-33(50)22-30(36(49)51)38(3,4)7-2/h10-12,14,21,25,30,43-44H,6-9,13,15-20,22-24,26H2,1-5H3,(H3,39,40,41,42). The fourth-order valence-electron chi connectivity index (χ4n) is 7.31. The zero-order valence-corrected chi connectivity index (χ0v) is 31.6. The van der Waals surface area contributed by atoms with Crippen LogP contribution in [0.3, 0.4) is 0 Å². The van der Waals surface area contributed by atoms with Gasteiger partial charge in [0.15, 0.2) is 5.82 Å². The first-order valence-electron chi connectivity index (χ1n) is 18.9. The second kappa shape index (κ2) is 16.5. The Balaban J connectivity index is 0.976. The summed E-state index contributed by atoms with van der Waals surface area (Å²) in [6.07, 6.45) is 8.57. The molecule has 0 spiro atoms. The van der Waals surface area contributed by atoms with Crippen molar-refractivity contribution >= 4 is 34.6 Å². The molecule has 6 rings (SSSR count). The number of anilines is 2. The summed E-state index contributed by atoms with van der Waals surface area (Å²) in [7, 11) is 1.73. The molecule has 3 aliphatic heterocycles. The lowest BCUT2D eigenvalue weighted by molar-refractivity contribution is -0.140. The van der Waals surface area contributed by atoms with Crippen LogP contribution in [0.5, 0.6) is 5.75 Å². The van der Waals surface area contributed by atoms with Gasteiger partial charge in [0.25, 0.3) is 0 Å². The average Bonchev–Trinajstić information content (AvgIpc) is 3.84. The number of nitrogen functional groups attached to an aromatic ring is 1. The van der Waals surface area contributed by atoms with Crippen molar-refractivity contribution < 1.29 is 14.3 Å². The number of unbranched alkanes of at least 4 members (excludes halogenated alkanes) is 2. The summed E-state index contributed by atoms with van der Waals surface area (Å²) in [6.45, 7) is 16.7. The second-order valence-corrected chi connectivity index (χ2v) is 15.0. The number of nitrogens with one attached hydrogen (secondary N) is 3. The number of imide groups is 1. The zero-order valence-electron chi connectivity index (χ0n) is 31.6. The van der Waals surface area contributed by atoms with Gasteiger partial charge in [-0.2, -0.15) is 4.98 Å². The molecule has 1 unspecified atom stereocenters. The van der Waals surface area contributed by atoms with Crippen LogP contribution in [0.4, 0.5) is 11.8 Å². The van der Waals surface area contributed by atoms with Crippen LogP contribution in [-0.4, -0.2) is 106 Å². The van der Waals surface area contributed by atoms with Gasteiger partial charge in [-0.25, -0.2) is 4.98 Å². The smallest absolute Gasteiger partial charge is 0.233 e. The van der Waals surface area contributed by atoms with E-state index in [9.17, 15) is 9.59 Å². The van der Waals surface area contributed by atoms with Crippen LogP contribution in [0, 0.1) is 11.3 Å². The predicted molar refractivity (Wildman–Crippen MR) is 204 cm³/mol. The van der Waals surface area contributed by atoms with E-state index in [0.29, 0.717) is 13.0 Å². The van der Waals surface area contributed by atoms with Gasteiger partial charge < -0.3 is 25.8 Å². The summed E-state index contributed by atoms with van der Waals surface area (Å²) in [5, 5.41) is 5.48. The number of piperazine rings is 1. The van der Waals surface area contributed by atoms with E-state index in [1.807, 2.05) is 23.5 Å². The van der Waals surface area contributed by atoms with Crippen LogP contribution < -0.4 is 26.7 Å². The van der Waals surface area contributed by atoms with Gasteiger partial charge in [-0.3, -0.25) is 29.3 Å². The third-order valence-corrected chi connectivity index (χ3v) is 11.0. The molecule has 5 N–H and O–H groups in total. The molecule has 0 saturated carbocycles. The van der Waals surface area contributed by atoms with E-state index in [4.69, 9.17) is 10.5 Å². The van der Waals surface area contributed by atoms with E-state index in [0.717, 1.165) is 105 Å². The first-order chi connectivity index (χ1) is 25.1. The summed E-state index contributed by atoms with van der Waals surface area (Å²) in [5.74, 6) is 1.52. The number of amides is 2. The molecule has 2 amide bonds. The minimum absolute atomic E-state index is 0.0579. The number of benzene rings is 1. The maximum atomic E-state index is 13.1. The van der Waals surface area contributed by atoms with Crippen molar-refractivity contribution in [2.24, 2.45) is 11.3 Å². The SMILES string of the molecule is CCCCCNc1nc(N)nc2ccn(Cc3ccc(CN4CCN(CCN5C=C(CN6C(=O)CC(C(C)(C)CC)C6=O)NN5)CC4)cc3OC)c12. The molecule has 5 heterocycles. The highest BCUT2D eigenvalue weighted by Gasteiger charge is 2.46. The Hall–Kier alpha value is -4.40. The van der Waals surface area contributed by atoms with E-state index in [2.05, 4.69) is 86.5 Å². The molecule has 2 aromatic heterocycles. The van der Waals surface area contributed by atoms with Crippen molar-refractivity contribution in [1.29, 1.82) is 0 Å². The first-order valence-corrected chi connectivity index (χ1v) is 18.9. The minimum atomic E-state index is -0.249. The largest absolute Gasteiger partial charge is 0.496 e. The van der Waals surface area contributed by atoms with Gasteiger partial charge in [-0.15, -0.1) is 5.53 Å². The van der Waals surface area contributed by atoms with Crippen molar-refractivity contribution in [2.75, 3.05) is 70.5 Å². The van der Waals surface area contributed by atoms with E-state index >= 15 is 0 Å². The number of fused-ring (bicyclic) bond motifs is 1. The fraction of sp³-hybridized carbons (Fsp3) is 0.579. The Morgan fingerprint density at radius 1 is 1.00 bits per heavy atom. The number of nitrogens with zero attached hydrogens (tertiary/aromatic N) is 7.